The summed E-state index contributed by atoms with van der Waals surface area (Å²) >= 11 is 1.37. The van der Waals surface area contributed by atoms with Gasteiger partial charge in [0.2, 0.25) is 11.8 Å². The first kappa shape index (κ1) is 20.6. The van der Waals surface area contributed by atoms with Crippen LogP contribution in [0.25, 0.3) is 0 Å². The fourth-order valence-corrected chi connectivity index (χ4v) is 3.79. The van der Waals surface area contributed by atoms with Crippen LogP contribution >= 0.6 is 11.8 Å². The average molecular weight is 423 g/mol. The van der Waals surface area contributed by atoms with E-state index in [9.17, 15) is 14.0 Å². The molecular formula is C18H18FN3O6S. The van der Waals surface area contributed by atoms with Gasteiger partial charge in [0.05, 0.1) is 33.3 Å². The molecule has 9 nitrogen and oxygen atoms in total. The van der Waals surface area contributed by atoms with Gasteiger partial charge >= 0.3 is 12.0 Å². The first-order valence-corrected chi connectivity index (χ1v) is 9.54. The van der Waals surface area contributed by atoms with Crippen LogP contribution in [0.4, 0.5) is 4.39 Å². The smallest absolute Gasteiger partial charge is 0.329 e. The molecule has 2 aromatic rings. The molecule has 11 heteroatoms. The van der Waals surface area contributed by atoms with Crippen molar-refractivity contribution in [2.75, 3.05) is 33.0 Å². The van der Waals surface area contributed by atoms with Gasteiger partial charge in [-0.05, 0) is 12.1 Å². The minimum Gasteiger partial charge on any atom is -0.481 e. The summed E-state index contributed by atoms with van der Waals surface area (Å²) in [6.07, 6.45) is 0. The van der Waals surface area contributed by atoms with Crippen LogP contribution in [0.2, 0.25) is 0 Å². The zero-order valence-corrected chi connectivity index (χ0v) is 16.7. The van der Waals surface area contributed by atoms with Crippen LogP contribution in [0.3, 0.4) is 0 Å². The molecular weight excluding hydrogens is 405 g/mol. The van der Waals surface area contributed by atoms with Crippen molar-refractivity contribution in [3.63, 3.8) is 0 Å². The minimum atomic E-state index is -0.807. The minimum absolute atomic E-state index is 0.106. The third kappa shape index (κ3) is 4.34. The second-order valence-electron chi connectivity index (χ2n) is 5.76. The number of rotatable bonds is 6. The van der Waals surface area contributed by atoms with E-state index >= 15 is 0 Å². The number of hydrogen-bond acceptors (Lipinski definition) is 9. The molecule has 3 rings (SSSR count). The van der Waals surface area contributed by atoms with E-state index < -0.39 is 23.7 Å². The summed E-state index contributed by atoms with van der Waals surface area (Å²) < 4.78 is 35.1. The van der Waals surface area contributed by atoms with Crippen molar-refractivity contribution in [2.24, 2.45) is 0 Å². The third-order valence-electron chi connectivity index (χ3n) is 4.08. The molecule has 1 aromatic heterocycles. The third-order valence-corrected chi connectivity index (χ3v) is 5.10. The number of carbonyl (C=O) groups excluding carboxylic acids is 2. The largest absolute Gasteiger partial charge is 0.481 e. The highest BCUT2D eigenvalue weighted by molar-refractivity contribution is 7.99. The first-order valence-electron chi connectivity index (χ1n) is 8.38. The van der Waals surface area contributed by atoms with E-state index in [1.165, 1.54) is 56.2 Å². The molecule has 2 heterocycles. The number of benzene rings is 1. The summed E-state index contributed by atoms with van der Waals surface area (Å²) in [6, 6.07) is 4.35. The number of esters is 1. The second-order valence-corrected chi connectivity index (χ2v) is 6.76. The standard InChI is InChI=1S/C18H18FN3O6S/c1-25-13-7-14(26-2)21-18(20-13)28-12-6-4-5-10(19)15(12)16(23)22-9-29-8-11(22)17(24)27-3/h4-7,11H,8-9H2,1-3H3. The molecule has 0 bridgehead atoms. The monoisotopic (exact) mass is 423 g/mol. The number of hydrogen-bond donors (Lipinski definition) is 0. The number of ether oxygens (including phenoxy) is 4. The van der Waals surface area contributed by atoms with Gasteiger partial charge in [-0.2, -0.15) is 9.97 Å². The van der Waals surface area contributed by atoms with Gasteiger partial charge in [-0.1, -0.05) is 6.07 Å². The van der Waals surface area contributed by atoms with Gasteiger partial charge in [0, 0.05) is 5.75 Å². The molecule has 29 heavy (non-hydrogen) atoms. The Morgan fingerprint density at radius 1 is 1.17 bits per heavy atom. The fraction of sp³-hybridized carbons (Fsp3) is 0.333. The molecule has 1 aliphatic heterocycles. The predicted octanol–water partition coefficient (Wildman–Crippen LogP) is 2.11. The molecule has 1 saturated heterocycles. The summed E-state index contributed by atoms with van der Waals surface area (Å²) in [5.74, 6) is -1.27. The lowest BCUT2D eigenvalue weighted by atomic mass is 10.1. The molecule has 0 N–H and O–H groups in total. The van der Waals surface area contributed by atoms with Crippen molar-refractivity contribution in [3.05, 3.63) is 35.6 Å². The van der Waals surface area contributed by atoms with Crippen LogP contribution in [0.15, 0.2) is 24.3 Å². The van der Waals surface area contributed by atoms with E-state index in [1.807, 2.05) is 0 Å². The summed E-state index contributed by atoms with van der Waals surface area (Å²) in [5, 5.41) is 0. The lowest BCUT2D eigenvalue weighted by molar-refractivity contribution is -0.144. The lowest BCUT2D eigenvalue weighted by Crippen LogP contribution is -2.42. The maximum atomic E-state index is 14.6. The number of aromatic nitrogens is 2. The summed E-state index contributed by atoms with van der Waals surface area (Å²) in [7, 11) is 4.04. The molecule has 1 atom stereocenters. The van der Waals surface area contributed by atoms with Crippen LogP contribution in [-0.2, 0) is 9.53 Å². The van der Waals surface area contributed by atoms with Crippen molar-refractivity contribution >= 4 is 23.6 Å². The second kappa shape index (κ2) is 8.95. The molecule has 154 valence electrons. The van der Waals surface area contributed by atoms with E-state index in [2.05, 4.69) is 9.97 Å². The van der Waals surface area contributed by atoms with Crippen LogP contribution in [0.1, 0.15) is 10.4 Å². The molecule has 0 radical (unpaired) electrons. The molecule has 0 aliphatic carbocycles. The van der Waals surface area contributed by atoms with Crippen LogP contribution in [0.5, 0.6) is 23.5 Å². The Morgan fingerprint density at radius 3 is 2.48 bits per heavy atom. The molecule has 1 amide bonds. The molecule has 1 fully saturated rings. The normalized spacial score (nSPS) is 15.7. The number of thioether (sulfide) groups is 1. The Balaban J connectivity index is 1.96. The van der Waals surface area contributed by atoms with Crippen LogP contribution in [-0.4, -0.2) is 65.7 Å². The Kier molecular flexibility index (Phi) is 6.37. The quantitative estimate of drug-likeness (QED) is 0.647. The van der Waals surface area contributed by atoms with Gasteiger partial charge < -0.3 is 23.8 Å². The molecule has 0 saturated carbocycles. The highest BCUT2D eigenvalue weighted by atomic mass is 32.2. The fourth-order valence-electron chi connectivity index (χ4n) is 2.65. The van der Waals surface area contributed by atoms with Gasteiger partial charge in [0.1, 0.15) is 23.2 Å². The highest BCUT2D eigenvalue weighted by Gasteiger charge is 2.38. The summed E-state index contributed by atoms with van der Waals surface area (Å²) in [5.41, 5.74) is -0.339. The molecule has 1 unspecified atom stereocenters. The molecule has 1 aromatic carbocycles. The number of methoxy groups -OCH3 is 3. The summed E-state index contributed by atoms with van der Waals surface area (Å²) in [4.78, 5) is 34.3. The van der Waals surface area contributed by atoms with Gasteiger partial charge in [-0.3, -0.25) is 4.79 Å². The maximum Gasteiger partial charge on any atom is 0.329 e. The van der Waals surface area contributed by atoms with Crippen molar-refractivity contribution in [1.29, 1.82) is 0 Å². The van der Waals surface area contributed by atoms with E-state index in [1.54, 1.807) is 0 Å². The molecule has 0 spiro atoms. The topological polar surface area (TPSA) is 100 Å². The summed E-state index contributed by atoms with van der Waals surface area (Å²) in [6.45, 7) is 0. The van der Waals surface area contributed by atoms with Gasteiger partial charge in [0.25, 0.3) is 5.91 Å². The number of nitrogens with zero attached hydrogens (tertiary/aromatic N) is 3. The van der Waals surface area contributed by atoms with Gasteiger partial charge in [-0.25, -0.2) is 9.18 Å². The Bertz CT molecular complexity index is 906. The Morgan fingerprint density at radius 2 is 1.86 bits per heavy atom. The van der Waals surface area contributed by atoms with Crippen molar-refractivity contribution in [2.45, 2.75) is 6.04 Å². The van der Waals surface area contributed by atoms with Crippen LogP contribution in [0, 0.1) is 5.82 Å². The van der Waals surface area contributed by atoms with E-state index in [0.717, 1.165) is 6.07 Å². The van der Waals surface area contributed by atoms with E-state index in [4.69, 9.17) is 18.9 Å². The highest BCUT2D eigenvalue weighted by Crippen LogP contribution is 2.32. The van der Waals surface area contributed by atoms with Gasteiger partial charge in [0.15, 0.2) is 0 Å². The van der Waals surface area contributed by atoms with E-state index in [0.29, 0.717) is 5.75 Å². The number of carbonyl (C=O) groups is 2. The maximum absolute atomic E-state index is 14.6. The van der Waals surface area contributed by atoms with E-state index in [-0.39, 0.29) is 35.0 Å². The predicted molar refractivity (Wildman–Crippen MR) is 101 cm³/mol. The van der Waals surface area contributed by atoms with Crippen molar-refractivity contribution in [3.8, 4) is 23.5 Å². The average Bonchev–Trinajstić information content (AvgIpc) is 3.22. The number of amides is 1. The molecule has 1 aliphatic rings. The SMILES string of the molecule is COC(=O)C1CSCN1C(=O)c1c(F)cccc1Oc1nc(OC)cc(OC)n1. The van der Waals surface area contributed by atoms with Crippen LogP contribution < -0.4 is 14.2 Å². The lowest BCUT2D eigenvalue weighted by Gasteiger charge is -2.23. The first-order chi connectivity index (χ1) is 14.0. The Labute approximate surface area is 170 Å². The van der Waals surface area contributed by atoms with Crippen molar-refractivity contribution in [1.82, 2.24) is 14.9 Å². The zero-order valence-electron chi connectivity index (χ0n) is 15.9. The Hall–Kier alpha value is -3.08. The van der Waals surface area contributed by atoms with Crippen molar-refractivity contribution < 1.29 is 32.9 Å². The van der Waals surface area contributed by atoms with Gasteiger partial charge in [-0.15, -0.1) is 11.8 Å². The zero-order chi connectivity index (χ0) is 21.0. The number of halogens is 1.